The molecule has 0 bridgehead atoms. The summed E-state index contributed by atoms with van der Waals surface area (Å²) in [5.74, 6) is 0.418. The van der Waals surface area contributed by atoms with Crippen molar-refractivity contribution in [3.8, 4) is 0 Å². The average Bonchev–Trinajstić information content (AvgIpc) is 2.82. The fourth-order valence-corrected chi connectivity index (χ4v) is 1.49. The van der Waals surface area contributed by atoms with Crippen LogP contribution in [0.15, 0.2) is 40.8 Å². The molecule has 90 valence electrons. The molecule has 0 aromatic carbocycles. The van der Waals surface area contributed by atoms with Gasteiger partial charge in [0.1, 0.15) is 11.3 Å². The Morgan fingerprint density at radius 3 is 3.00 bits per heavy atom. The minimum absolute atomic E-state index is 0.143. The summed E-state index contributed by atoms with van der Waals surface area (Å²) in [5, 5.41) is 10.9. The second-order valence-electron chi connectivity index (χ2n) is 3.28. The third-order valence-corrected chi connectivity index (χ3v) is 2.21. The highest BCUT2D eigenvalue weighted by atomic mass is 16.7. The molecule has 1 aliphatic rings. The van der Waals surface area contributed by atoms with Crippen molar-refractivity contribution in [2.75, 3.05) is 6.61 Å². The van der Waals surface area contributed by atoms with Gasteiger partial charge in [-0.05, 0) is 19.1 Å². The summed E-state index contributed by atoms with van der Waals surface area (Å²) < 4.78 is 15.5. The van der Waals surface area contributed by atoms with E-state index in [0.29, 0.717) is 17.9 Å². The molecule has 0 spiro atoms. The zero-order chi connectivity index (χ0) is 12.3. The number of nitrogens with zero attached hydrogens (tertiary/aromatic N) is 1. The van der Waals surface area contributed by atoms with Crippen molar-refractivity contribution in [1.82, 2.24) is 0 Å². The van der Waals surface area contributed by atoms with E-state index in [2.05, 4.69) is 0 Å². The molecule has 0 unspecified atom stereocenters. The lowest BCUT2D eigenvalue weighted by atomic mass is 10.1. The molecule has 0 amide bonds. The van der Waals surface area contributed by atoms with Crippen LogP contribution in [-0.2, 0) is 9.47 Å². The first-order valence-electron chi connectivity index (χ1n) is 5.10. The Labute approximate surface area is 97.3 Å². The molecule has 0 saturated carbocycles. The minimum atomic E-state index is -0.621. The zero-order valence-corrected chi connectivity index (χ0v) is 9.16. The number of furan rings is 1. The van der Waals surface area contributed by atoms with Crippen LogP contribution >= 0.6 is 0 Å². The third kappa shape index (κ3) is 2.36. The number of rotatable bonds is 4. The van der Waals surface area contributed by atoms with E-state index in [1.54, 1.807) is 12.1 Å². The lowest BCUT2D eigenvalue weighted by Crippen LogP contribution is -2.18. The fourth-order valence-electron chi connectivity index (χ4n) is 1.49. The van der Waals surface area contributed by atoms with E-state index in [1.165, 1.54) is 12.3 Å². The minimum Gasteiger partial charge on any atom is -0.464 e. The second kappa shape index (κ2) is 4.84. The van der Waals surface area contributed by atoms with Crippen molar-refractivity contribution < 1.29 is 18.8 Å². The molecule has 2 heterocycles. The number of hydrogen-bond donors (Lipinski definition) is 0. The predicted molar refractivity (Wildman–Crippen MR) is 58.3 cm³/mol. The van der Waals surface area contributed by atoms with E-state index in [9.17, 15) is 10.1 Å². The van der Waals surface area contributed by atoms with E-state index in [-0.39, 0.29) is 5.70 Å². The van der Waals surface area contributed by atoms with Crippen molar-refractivity contribution in [1.29, 1.82) is 0 Å². The Morgan fingerprint density at radius 1 is 1.59 bits per heavy atom. The fraction of sp³-hybridized carbons (Fsp3) is 0.273. The van der Waals surface area contributed by atoms with Crippen LogP contribution in [0.1, 0.15) is 12.7 Å². The Balaban J connectivity index is 2.33. The summed E-state index contributed by atoms with van der Waals surface area (Å²) in [4.78, 5) is 10.3. The van der Waals surface area contributed by atoms with Crippen molar-refractivity contribution in [3.63, 3.8) is 0 Å². The first kappa shape index (κ1) is 11.4. The highest BCUT2D eigenvalue weighted by Gasteiger charge is 2.28. The molecular formula is C11H11NO5. The molecule has 0 radical (unpaired) electrons. The summed E-state index contributed by atoms with van der Waals surface area (Å²) >= 11 is 0. The van der Waals surface area contributed by atoms with Gasteiger partial charge in [0.25, 0.3) is 0 Å². The van der Waals surface area contributed by atoms with E-state index < -0.39 is 11.2 Å². The smallest absolute Gasteiger partial charge is 0.314 e. The molecule has 0 aliphatic carbocycles. The third-order valence-electron chi connectivity index (χ3n) is 2.21. The van der Waals surface area contributed by atoms with Crippen LogP contribution in [0.5, 0.6) is 0 Å². The van der Waals surface area contributed by atoms with Crippen LogP contribution in [-0.4, -0.2) is 17.8 Å². The van der Waals surface area contributed by atoms with Crippen LogP contribution in [0.2, 0.25) is 0 Å². The van der Waals surface area contributed by atoms with Crippen LogP contribution in [0.3, 0.4) is 0 Å². The predicted octanol–water partition coefficient (Wildman–Crippen LogP) is 2.17. The Morgan fingerprint density at radius 2 is 2.41 bits per heavy atom. The number of nitro groups is 1. The Bertz CT molecular complexity index is 460. The van der Waals surface area contributed by atoms with Crippen LogP contribution in [0.25, 0.3) is 5.57 Å². The SMILES string of the molecule is CCO[C@@H]1C=C(c2ccco2)C([N+](=O)[O-])=CO1. The highest BCUT2D eigenvalue weighted by molar-refractivity contribution is 5.74. The van der Waals surface area contributed by atoms with Gasteiger partial charge in [0.05, 0.1) is 11.2 Å². The van der Waals surface area contributed by atoms with Gasteiger partial charge in [-0.15, -0.1) is 0 Å². The lowest BCUT2D eigenvalue weighted by molar-refractivity contribution is -0.420. The summed E-state index contributed by atoms with van der Waals surface area (Å²) in [7, 11) is 0. The Kier molecular flexibility index (Phi) is 3.24. The molecule has 2 rings (SSSR count). The molecule has 0 saturated heterocycles. The van der Waals surface area contributed by atoms with Gasteiger partial charge in [0.2, 0.25) is 6.29 Å². The van der Waals surface area contributed by atoms with Crippen LogP contribution in [0, 0.1) is 10.1 Å². The Hall–Kier alpha value is -2.08. The van der Waals surface area contributed by atoms with Crippen molar-refractivity contribution >= 4 is 5.57 Å². The highest BCUT2D eigenvalue weighted by Crippen LogP contribution is 2.28. The van der Waals surface area contributed by atoms with Gasteiger partial charge in [-0.1, -0.05) is 0 Å². The normalized spacial score (nSPS) is 19.2. The molecule has 0 N–H and O–H groups in total. The molecule has 1 aromatic heterocycles. The van der Waals surface area contributed by atoms with Crippen molar-refractivity contribution in [2.45, 2.75) is 13.2 Å². The van der Waals surface area contributed by atoms with Gasteiger partial charge in [-0.25, -0.2) is 0 Å². The molecular weight excluding hydrogens is 226 g/mol. The maximum atomic E-state index is 10.9. The quantitative estimate of drug-likeness (QED) is 0.592. The van der Waals surface area contributed by atoms with E-state index >= 15 is 0 Å². The zero-order valence-electron chi connectivity index (χ0n) is 9.16. The molecule has 0 fully saturated rings. The number of ether oxygens (including phenoxy) is 2. The van der Waals surface area contributed by atoms with E-state index in [1.807, 2.05) is 6.92 Å². The molecule has 17 heavy (non-hydrogen) atoms. The van der Waals surface area contributed by atoms with Gasteiger partial charge in [-0.3, -0.25) is 10.1 Å². The summed E-state index contributed by atoms with van der Waals surface area (Å²) in [6.45, 7) is 2.27. The van der Waals surface area contributed by atoms with Gasteiger partial charge in [0.15, 0.2) is 6.26 Å². The summed E-state index contributed by atoms with van der Waals surface area (Å²) in [6.07, 6.45) is 3.45. The lowest BCUT2D eigenvalue weighted by Gasteiger charge is -2.17. The molecule has 1 aliphatic heterocycles. The topological polar surface area (TPSA) is 74.7 Å². The summed E-state index contributed by atoms with van der Waals surface area (Å²) in [6, 6.07) is 3.32. The van der Waals surface area contributed by atoms with Crippen molar-refractivity contribution in [2.24, 2.45) is 0 Å². The van der Waals surface area contributed by atoms with Crippen molar-refractivity contribution in [3.05, 3.63) is 52.3 Å². The second-order valence-corrected chi connectivity index (χ2v) is 3.28. The van der Waals surface area contributed by atoms with Crippen LogP contribution in [0.4, 0.5) is 0 Å². The molecule has 1 atom stereocenters. The first-order valence-corrected chi connectivity index (χ1v) is 5.10. The average molecular weight is 237 g/mol. The largest absolute Gasteiger partial charge is 0.464 e. The van der Waals surface area contributed by atoms with Gasteiger partial charge in [-0.2, -0.15) is 0 Å². The monoisotopic (exact) mass is 237 g/mol. The maximum absolute atomic E-state index is 10.9. The van der Waals surface area contributed by atoms with Gasteiger partial charge < -0.3 is 13.9 Å². The van der Waals surface area contributed by atoms with Crippen LogP contribution < -0.4 is 0 Å². The number of allylic oxidation sites excluding steroid dienone is 1. The molecule has 1 aromatic rings. The van der Waals surface area contributed by atoms with E-state index in [4.69, 9.17) is 13.9 Å². The standard InChI is InChI=1S/C11H11NO5/c1-2-15-11-6-8(10-4-3-5-16-10)9(7-17-11)12(13)14/h3-7,11H,2H2,1H3/t11-/m0/s1. The maximum Gasteiger partial charge on any atom is 0.314 e. The van der Waals surface area contributed by atoms with Gasteiger partial charge in [0, 0.05) is 12.7 Å². The summed E-state index contributed by atoms with van der Waals surface area (Å²) in [5.41, 5.74) is 0.223. The molecule has 6 heteroatoms. The van der Waals surface area contributed by atoms with Gasteiger partial charge >= 0.3 is 5.70 Å². The number of hydrogen-bond acceptors (Lipinski definition) is 5. The van der Waals surface area contributed by atoms with E-state index in [0.717, 1.165) is 6.26 Å². The first-order chi connectivity index (χ1) is 8.22. The molecule has 6 nitrogen and oxygen atoms in total.